The van der Waals surface area contributed by atoms with Crippen LogP contribution in [-0.4, -0.2) is 84.6 Å². The molecule has 2 N–H and O–H groups in total. The van der Waals surface area contributed by atoms with E-state index in [1.807, 2.05) is 12.1 Å². The van der Waals surface area contributed by atoms with Crippen molar-refractivity contribution >= 4 is 39.8 Å². The first kappa shape index (κ1) is 35.5. The van der Waals surface area contributed by atoms with E-state index in [9.17, 15) is 32.4 Å². The highest BCUT2D eigenvalue weighted by Crippen LogP contribution is 2.57. The molecule has 1 aromatic carbocycles. The van der Waals surface area contributed by atoms with Crippen molar-refractivity contribution in [2.45, 2.75) is 120 Å². The number of hydrogen-bond acceptors (Lipinski definition) is 9. The van der Waals surface area contributed by atoms with Crippen LogP contribution in [0, 0.1) is 17.3 Å². The zero-order valence-electron chi connectivity index (χ0n) is 29.0. The number of Topliss-reactive ketones (excluding diaryl/α,β-unsaturated/α-hetero) is 1. The van der Waals surface area contributed by atoms with Gasteiger partial charge in [-0.2, -0.15) is 0 Å². The number of ether oxygens (including phenoxy) is 2. The topological polar surface area (TPSA) is 168 Å². The van der Waals surface area contributed by atoms with Crippen LogP contribution in [0.4, 0.5) is 9.59 Å². The van der Waals surface area contributed by atoms with Gasteiger partial charge in [0.05, 0.1) is 29.9 Å². The molecule has 4 fully saturated rings. The van der Waals surface area contributed by atoms with Crippen molar-refractivity contribution in [2.75, 3.05) is 13.2 Å². The Hall–Kier alpha value is -3.94. The molecule has 1 aromatic rings. The van der Waals surface area contributed by atoms with Gasteiger partial charge in [-0.1, -0.05) is 37.1 Å². The average molecular weight is 725 g/mol. The van der Waals surface area contributed by atoms with Crippen LogP contribution in [0.5, 0.6) is 0 Å². The van der Waals surface area contributed by atoms with Gasteiger partial charge in [0.15, 0.2) is 5.78 Å². The molecule has 4 bridgehead atoms. The van der Waals surface area contributed by atoms with Crippen molar-refractivity contribution in [3.05, 3.63) is 47.5 Å². The molecule has 0 spiro atoms. The van der Waals surface area contributed by atoms with Gasteiger partial charge in [0.2, 0.25) is 21.8 Å². The molecule has 0 radical (unpaired) electrons. The van der Waals surface area contributed by atoms with E-state index in [0.29, 0.717) is 32.4 Å². The van der Waals surface area contributed by atoms with Gasteiger partial charge in [0, 0.05) is 25.9 Å². The van der Waals surface area contributed by atoms with Crippen LogP contribution in [0.15, 0.2) is 30.9 Å². The molecule has 7 rings (SSSR count). The van der Waals surface area contributed by atoms with Gasteiger partial charge in [0.25, 0.3) is 0 Å². The Morgan fingerprint density at radius 2 is 1.78 bits per heavy atom. The number of fused-ring (bicyclic) bond motifs is 3. The van der Waals surface area contributed by atoms with E-state index in [1.54, 1.807) is 11.0 Å². The van der Waals surface area contributed by atoms with E-state index in [1.165, 1.54) is 10.5 Å². The summed E-state index contributed by atoms with van der Waals surface area (Å²) in [7, 11) is -3.85. The average Bonchev–Trinajstić information content (AvgIpc) is 3.88. The molecule has 3 aliphatic heterocycles. The van der Waals surface area contributed by atoms with Gasteiger partial charge in [0.1, 0.15) is 12.1 Å². The summed E-state index contributed by atoms with van der Waals surface area (Å²) in [5.41, 5.74) is 2.03. The normalized spacial score (nSPS) is 30.4. The minimum absolute atomic E-state index is 0.0149. The summed E-state index contributed by atoms with van der Waals surface area (Å²) in [4.78, 5) is 72.0. The molecule has 0 unspecified atom stereocenters. The quantitative estimate of drug-likeness (QED) is 0.378. The molecule has 3 saturated carbocycles. The number of cyclic esters (lactones) is 1. The molecule has 51 heavy (non-hydrogen) atoms. The first-order chi connectivity index (χ1) is 24.5. The lowest BCUT2D eigenvalue weighted by molar-refractivity contribution is -0.141. The molecule has 0 aromatic heterocycles. The second-order valence-corrected chi connectivity index (χ2v) is 17.3. The molecule has 13 nitrogen and oxygen atoms in total. The van der Waals surface area contributed by atoms with Crippen molar-refractivity contribution in [3.8, 4) is 0 Å². The minimum Gasteiger partial charge on any atom is -0.450 e. The predicted octanol–water partition coefficient (Wildman–Crippen LogP) is 3.88. The number of sulfonamides is 1. The monoisotopic (exact) mass is 724 g/mol. The third kappa shape index (κ3) is 7.38. The number of allylic oxidation sites excluding steroid dienone is 1. The Morgan fingerprint density at radius 1 is 1.02 bits per heavy atom. The number of ketones is 1. The lowest BCUT2D eigenvalue weighted by Crippen LogP contribution is -2.55. The maximum absolute atomic E-state index is 14.5. The van der Waals surface area contributed by atoms with Crippen molar-refractivity contribution in [1.82, 2.24) is 19.8 Å². The third-order valence-electron chi connectivity index (χ3n) is 11.8. The van der Waals surface area contributed by atoms with Gasteiger partial charge >= 0.3 is 12.2 Å². The smallest absolute Gasteiger partial charge is 0.410 e. The third-order valence-corrected chi connectivity index (χ3v) is 13.6. The van der Waals surface area contributed by atoms with Crippen LogP contribution in [0.25, 0.3) is 0 Å². The van der Waals surface area contributed by atoms with Gasteiger partial charge in [-0.25, -0.2) is 18.0 Å². The van der Waals surface area contributed by atoms with Gasteiger partial charge in [-0.05, 0) is 86.3 Å². The maximum atomic E-state index is 14.5. The fraction of sp³-hybridized carbons (Fsp3) is 0.649. The van der Waals surface area contributed by atoms with E-state index in [4.69, 9.17) is 9.47 Å². The van der Waals surface area contributed by atoms with Gasteiger partial charge < -0.3 is 19.7 Å². The fourth-order valence-electron chi connectivity index (χ4n) is 8.59. The summed E-state index contributed by atoms with van der Waals surface area (Å²) in [6.45, 7) is 4.74. The second-order valence-electron chi connectivity index (χ2n) is 15.3. The number of aryl methyl sites for hydroxylation is 1. The number of hydrogen-bond donors (Lipinski definition) is 2. The first-order valence-corrected chi connectivity index (χ1v) is 20.0. The number of alkyl carbamates (subject to hydrolysis) is 1. The molecule has 5 atom stereocenters. The lowest BCUT2D eigenvalue weighted by atomic mass is 9.91. The van der Waals surface area contributed by atoms with Crippen LogP contribution in [0.2, 0.25) is 0 Å². The number of nitrogens with one attached hydrogen (secondary N) is 2. The summed E-state index contributed by atoms with van der Waals surface area (Å²) in [5, 5.41) is 2.20. The SMILES string of the molecule is C=C[C@@H]1C[C@]1(CC(=O)[C@@H]1C[C@@H]2CN1C(=O)[C@H](C1CCCC1)NC(=O)OCCCCCc1cccc3c1CN(C3)C(=O)O2)C(=O)NS(=O)(=O)C1CC1. The Bertz CT molecular complexity index is 1700. The summed E-state index contributed by atoms with van der Waals surface area (Å²) >= 11 is 0. The van der Waals surface area contributed by atoms with Crippen LogP contribution < -0.4 is 10.0 Å². The number of carbonyl (C=O) groups excluding carboxylic acids is 5. The Labute approximate surface area is 298 Å². The van der Waals surface area contributed by atoms with E-state index < -0.39 is 74.6 Å². The largest absolute Gasteiger partial charge is 0.450 e. The standard InChI is InChI=1S/C37H48N4O9S/c1-2-26-18-37(26,34(44)39-51(47,48)28-14-15-28)19-31(42)30-17-27-21-41(30)33(43)32(24-10-5-6-11-24)38-35(45)49-16-7-3-4-9-23-12-8-13-25-20-40(22-29(23)25)36(46)50-27/h2,8,12-13,24,26-28,30,32H,1,3-7,9-11,14-22H2,(H,38,45)(H,39,44)/t26-,27-,30+,32+,37-/m1/s1. The highest BCUT2D eigenvalue weighted by Gasteiger charge is 2.61. The summed E-state index contributed by atoms with van der Waals surface area (Å²) in [6, 6.07) is 4.07. The summed E-state index contributed by atoms with van der Waals surface area (Å²) in [6.07, 6.45) is 6.91. The molecule has 3 heterocycles. The molecule has 6 aliphatic rings. The van der Waals surface area contributed by atoms with Gasteiger partial charge in [-0.15, -0.1) is 6.58 Å². The Morgan fingerprint density at radius 3 is 2.51 bits per heavy atom. The zero-order chi connectivity index (χ0) is 35.9. The molecule has 3 aliphatic carbocycles. The maximum Gasteiger partial charge on any atom is 0.410 e. The number of nitrogens with zero attached hydrogens (tertiary/aromatic N) is 2. The Kier molecular flexibility index (Phi) is 9.90. The first-order valence-electron chi connectivity index (χ1n) is 18.5. The molecular formula is C37H48N4O9S. The van der Waals surface area contributed by atoms with Crippen molar-refractivity contribution in [3.63, 3.8) is 0 Å². The van der Waals surface area contributed by atoms with Crippen LogP contribution >= 0.6 is 0 Å². The number of amides is 4. The predicted molar refractivity (Wildman–Crippen MR) is 184 cm³/mol. The van der Waals surface area contributed by atoms with Crippen molar-refractivity contribution < 1.29 is 41.9 Å². The van der Waals surface area contributed by atoms with E-state index in [0.717, 1.165) is 56.1 Å². The summed E-state index contributed by atoms with van der Waals surface area (Å²) in [5.74, 6) is -2.20. The van der Waals surface area contributed by atoms with Crippen molar-refractivity contribution in [1.29, 1.82) is 0 Å². The van der Waals surface area contributed by atoms with Crippen molar-refractivity contribution in [2.24, 2.45) is 17.3 Å². The molecule has 4 amide bonds. The van der Waals surface area contributed by atoms with Gasteiger partial charge in [-0.3, -0.25) is 24.0 Å². The van der Waals surface area contributed by atoms with Crippen LogP contribution in [0.1, 0.15) is 93.7 Å². The molecule has 14 heteroatoms. The van der Waals surface area contributed by atoms with Crippen LogP contribution in [0.3, 0.4) is 0 Å². The highest BCUT2D eigenvalue weighted by atomic mass is 32.2. The second kappa shape index (κ2) is 14.2. The van der Waals surface area contributed by atoms with E-state index in [-0.39, 0.29) is 38.3 Å². The highest BCUT2D eigenvalue weighted by molar-refractivity contribution is 7.90. The zero-order valence-corrected chi connectivity index (χ0v) is 29.8. The van der Waals surface area contributed by atoms with Crippen LogP contribution in [-0.2, 0) is 53.4 Å². The minimum atomic E-state index is -3.85. The lowest BCUT2D eigenvalue weighted by Gasteiger charge is -2.31. The number of benzene rings is 1. The number of carbonyl (C=O) groups is 5. The van der Waals surface area contributed by atoms with E-state index >= 15 is 0 Å². The molecule has 1 saturated heterocycles. The van der Waals surface area contributed by atoms with E-state index in [2.05, 4.69) is 22.7 Å². The molecule has 276 valence electrons. The molecular weight excluding hydrogens is 676 g/mol. The fourth-order valence-corrected chi connectivity index (χ4v) is 9.98. The Balaban J connectivity index is 1.15. The number of rotatable bonds is 8. The summed E-state index contributed by atoms with van der Waals surface area (Å²) < 4.78 is 39.1.